The highest BCUT2D eigenvalue weighted by Crippen LogP contribution is 2.32. The Labute approximate surface area is 202 Å². The van der Waals surface area contributed by atoms with Gasteiger partial charge in [-0.1, -0.05) is 0 Å². The Bertz CT molecular complexity index is 647. The third-order valence-corrected chi connectivity index (χ3v) is 7.57. The topological polar surface area (TPSA) is 186 Å². The predicted octanol–water partition coefficient (Wildman–Crippen LogP) is -3.07. The molecule has 0 radical (unpaired) electrons. The molecule has 0 aromatic carbocycles. The molecule has 34 heavy (non-hydrogen) atoms. The van der Waals surface area contributed by atoms with Crippen LogP contribution in [0.25, 0.3) is 0 Å². The molecule has 0 bridgehead atoms. The first-order valence-corrected chi connectivity index (χ1v) is 12.2. The maximum Gasteiger partial charge on any atom is 0.185 e. The van der Waals surface area contributed by atoms with Crippen molar-refractivity contribution >= 4 is 0 Å². The van der Waals surface area contributed by atoms with Gasteiger partial charge < -0.3 is 61.7 Å². The van der Waals surface area contributed by atoms with Crippen LogP contribution in [-0.4, -0.2) is 122 Å². The summed E-state index contributed by atoms with van der Waals surface area (Å²) in [5.41, 5.74) is 11.4. The molecule has 1 aliphatic carbocycles. The molecule has 2 heterocycles. The number of nitrogens with two attached hydrogens (primary N) is 2. The van der Waals surface area contributed by atoms with E-state index < -0.39 is 54.7 Å². The van der Waals surface area contributed by atoms with Crippen LogP contribution in [0.1, 0.15) is 33.1 Å². The Morgan fingerprint density at radius 3 is 2.26 bits per heavy atom. The zero-order valence-corrected chi connectivity index (χ0v) is 20.9. The smallest absolute Gasteiger partial charge is 0.185 e. The van der Waals surface area contributed by atoms with Crippen LogP contribution in [0.4, 0.5) is 0 Å². The zero-order chi connectivity index (χ0) is 25.2. The molecule has 3 aliphatic rings. The van der Waals surface area contributed by atoms with E-state index in [9.17, 15) is 15.3 Å². The van der Waals surface area contributed by atoms with E-state index in [2.05, 4.69) is 16.0 Å². The number of aliphatic hydroxyl groups is 3. The van der Waals surface area contributed by atoms with E-state index in [1.165, 1.54) is 0 Å². The summed E-state index contributed by atoms with van der Waals surface area (Å²) < 4.78 is 24.1. The van der Waals surface area contributed by atoms with Gasteiger partial charge in [0, 0.05) is 18.1 Å². The molecular weight excluding hydrogens is 446 g/mol. The van der Waals surface area contributed by atoms with Gasteiger partial charge in [-0.2, -0.15) is 0 Å². The quantitative estimate of drug-likeness (QED) is 0.172. The van der Waals surface area contributed by atoms with Gasteiger partial charge in [0.05, 0.1) is 24.8 Å². The fourth-order valence-corrected chi connectivity index (χ4v) is 5.27. The van der Waals surface area contributed by atoms with Crippen molar-refractivity contribution in [3.63, 3.8) is 0 Å². The summed E-state index contributed by atoms with van der Waals surface area (Å²) in [6.07, 6.45) is -3.72. The molecule has 12 nitrogen and oxygen atoms in total. The molecule has 0 amide bonds. The molecule has 3 fully saturated rings. The van der Waals surface area contributed by atoms with Crippen LogP contribution in [-0.2, 0) is 18.9 Å². The number of hydrogen-bond acceptors (Lipinski definition) is 12. The highest BCUT2D eigenvalue weighted by molar-refractivity contribution is 5.02. The van der Waals surface area contributed by atoms with E-state index >= 15 is 0 Å². The van der Waals surface area contributed by atoms with Crippen molar-refractivity contribution in [2.24, 2.45) is 11.5 Å². The van der Waals surface area contributed by atoms with Crippen LogP contribution in [0.15, 0.2) is 0 Å². The highest BCUT2D eigenvalue weighted by atomic mass is 16.7. The zero-order valence-electron chi connectivity index (χ0n) is 20.9. The molecule has 2 aliphatic heterocycles. The monoisotopic (exact) mass is 491 g/mol. The molecule has 13 atom stereocenters. The number of rotatable bonds is 8. The second-order valence-corrected chi connectivity index (χ2v) is 10.1. The van der Waals surface area contributed by atoms with Crippen molar-refractivity contribution < 1.29 is 34.3 Å². The van der Waals surface area contributed by atoms with Gasteiger partial charge in [0.25, 0.3) is 0 Å². The highest BCUT2D eigenvalue weighted by Gasteiger charge is 2.51. The number of aliphatic hydroxyl groups excluding tert-OH is 2. The molecule has 2 saturated heterocycles. The minimum Gasteiger partial charge on any atom is -0.388 e. The normalized spacial score (nSPS) is 49.1. The van der Waals surface area contributed by atoms with Crippen LogP contribution in [0.3, 0.4) is 0 Å². The lowest BCUT2D eigenvalue weighted by Gasteiger charge is -2.49. The van der Waals surface area contributed by atoms with E-state index in [1.807, 2.05) is 14.0 Å². The predicted molar refractivity (Wildman–Crippen MR) is 125 cm³/mol. The minimum atomic E-state index is -1.28. The van der Waals surface area contributed by atoms with Crippen molar-refractivity contribution in [2.75, 3.05) is 27.7 Å². The minimum absolute atomic E-state index is 0.0485. The number of likely N-dealkylation sites (N-methyl/N-ethyl adjacent to an activating group) is 3. The molecular formula is C22H45N5O7. The first-order valence-electron chi connectivity index (χ1n) is 12.2. The van der Waals surface area contributed by atoms with Crippen LogP contribution < -0.4 is 27.4 Å². The Hall–Kier alpha value is -0.480. The van der Waals surface area contributed by atoms with E-state index in [4.69, 9.17) is 30.4 Å². The van der Waals surface area contributed by atoms with Gasteiger partial charge in [0.15, 0.2) is 12.6 Å². The SMILES string of the molecule is CNC(C)C1CCC(N)C(OC2C(NC)CC(N)C(OC3OCC(C)(O)C(NC)C3O)C2O)O1. The summed E-state index contributed by atoms with van der Waals surface area (Å²) in [6, 6.07) is -1.69. The summed E-state index contributed by atoms with van der Waals surface area (Å²) in [5.74, 6) is 0. The van der Waals surface area contributed by atoms with Gasteiger partial charge >= 0.3 is 0 Å². The van der Waals surface area contributed by atoms with Crippen LogP contribution in [0.5, 0.6) is 0 Å². The van der Waals surface area contributed by atoms with Gasteiger partial charge in [0.2, 0.25) is 0 Å². The fraction of sp³-hybridized carbons (Fsp3) is 1.00. The lowest BCUT2D eigenvalue weighted by atomic mass is 9.83. The van der Waals surface area contributed by atoms with Crippen molar-refractivity contribution in [2.45, 2.75) is 112 Å². The average Bonchev–Trinajstić information content (AvgIpc) is 2.80. The summed E-state index contributed by atoms with van der Waals surface area (Å²) >= 11 is 0. The molecule has 10 N–H and O–H groups in total. The molecule has 200 valence electrons. The van der Waals surface area contributed by atoms with Crippen LogP contribution in [0.2, 0.25) is 0 Å². The second kappa shape index (κ2) is 11.7. The van der Waals surface area contributed by atoms with E-state index in [-0.39, 0.29) is 30.8 Å². The van der Waals surface area contributed by atoms with Crippen LogP contribution in [0, 0.1) is 0 Å². The average molecular weight is 492 g/mol. The van der Waals surface area contributed by atoms with Crippen LogP contribution >= 0.6 is 0 Å². The molecule has 12 heteroatoms. The fourth-order valence-electron chi connectivity index (χ4n) is 5.27. The third-order valence-electron chi connectivity index (χ3n) is 7.57. The molecule has 3 rings (SSSR count). The van der Waals surface area contributed by atoms with Crippen molar-refractivity contribution in [1.82, 2.24) is 16.0 Å². The molecule has 0 aromatic rings. The van der Waals surface area contributed by atoms with Gasteiger partial charge in [-0.3, -0.25) is 0 Å². The second-order valence-electron chi connectivity index (χ2n) is 10.1. The van der Waals surface area contributed by atoms with Crippen molar-refractivity contribution in [1.29, 1.82) is 0 Å². The summed E-state index contributed by atoms with van der Waals surface area (Å²) in [7, 11) is 5.30. The third kappa shape index (κ3) is 5.90. The largest absolute Gasteiger partial charge is 0.388 e. The molecule has 0 aromatic heterocycles. The van der Waals surface area contributed by atoms with Gasteiger partial charge in [-0.25, -0.2) is 0 Å². The van der Waals surface area contributed by atoms with Crippen molar-refractivity contribution in [3.8, 4) is 0 Å². The first-order chi connectivity index (χ1) is 16.0. The Morgan fingerprint density at radius 2 is 1.65 bits per heavy atom. The van der Waals surface area contributed by atoms with Gasteiger partial charge in [-0.15, -0.1) is 0 Å². The molecule has 0 spiro atoms. The number of ether oxygens (including phenoxy) is 4. The lowest BCUT2D eigenvalue weighted by molar-refractivity contribution is -0.308. The molecule has 1 saturated carbocycles. The van der Waals surface area contributed by atoms with E-state index in [0.29, 0.717) is 6.42 Å². The van der Waals surface area contributed by atoms with Gasteiger partial charge in [0.1, 0.15) is 30.0 Å². The summed E-state index contributed by atoms with van der Waals surface area (Å²) in [4.78, 5) is 0. The molecule has 13 unspecified atom stereocenters. The Morgan fingerprint density at radius 1 is 0.971 bits per heavy atom. The number of hydrogen-bond donors (Lipinski definition) is 8. The Balaban J connectivity index is 1.72. The standard InChI is InChI=1S/C22H45N5O7/c1-10(25-3)14-7-6-11(23)20(32-14)34-18-13(26-4)8-12(24)17(15(18)28)33-21-16(29)19(27-5)22(2,30)9-31-21/h10-21,25-30H,6-9,23-24H2,1-5H3. The number of nitrogens with one attached hydrogen (secondary N) is 3. The van der Waals surface area contributed by atoms with E-state index in [0.717, 1.165) is 12.8 Å². The maximum atomic E-state index is 11.3. The first kappa shape index (κ1) is 28.1. The van der Waals surface area contributed by atoms with Crippen molar-refractivity contribution in [3.05, 3.63) is 0 Å². The maximum absolute atomic E-state index is 11.3. The van der Waals surface area contributed by atoms with E-state index in [1.54, 1.807) is 21.0 Å². The summed E-state index contributed by atoms with van der Waals surface area (Å²) in [6.45, 7) is 3.57. The summed E-state index contributed by atoms with van der Waals surface area (Å²) in [5, 5.41) is 41.8. The lowest BCUT2D eigenvalue weighted by Crippen LogP contribution is -2.69. The van der Waals surface area contributed by atoms with Gasteiger partial charge in [-0.05, 0) is 54.3 Å². The Kier molecular flexibility index (Phi) is 9.68.